The Kier molecular flexibility index (Phi) is 4.67. The maximum atomic E-state index is 4.79. The van der Waals surface area contributed by atoms with Crippen molar-refractivity contribution in [2.45, 2.75) is 52.0 Å². The Morgan fingerprint density at radius 1 is 1.20 bits per heavy atom. The van der Waals surface area contributed by atoms with Crippen molar-refractivity contribution in [1.82, 2.24) is 10.3 Å². The second-order valence-electron chi connectivity index (χ2n) is 6.44. The van der Waals surface area contributed by atoms with Crippen LogP contribution in [-0.4, -0.2) is 12.0 Å². The van der Waals surface area contributed by atoms with Gasteiger partial charge in [0.1, 0.15) is 5.01 Å². The number of aromatic nitrogens is 1. The van der Waals surface area contributed by atoms with Gasteiger partial charge in [-0.2, -0.15) is 0 Å². The first-order valence-electron chi connectivity index (χ1n) is 7.05. The van der Waals surface area contributed by atoms with Crippen molar-refractivity contribution in [2.75, 3.05) is 7.05 Å². The molecule has 2 aromatic rings. The van der Waals surface area contributed by atoms with Gasteiger partial charge < -0.3 is 5.32 Å². The Balaban J connectivity index is 2.29. The molecule has 0 fully saturated rings. The van der Waals surface area contributed by atoms with Gasteiger partial charge in [0, 0.05) is 15.1 Å². The van der Waals surface area contributed by atoms with Crippen LogP contribution in [-0.2, 0) is 5.41 Å². The minimum Gasteiger partial charge on any atom is -0.307 e. The zero-order valence-electron chi connectivity index (χ0n) is 13.2. The van der Waals surface area contributed by atoms with Crippen LogP contribution >= 0.6 is 22.7 Å². The van der Waals surface area contributed by atoms with Gasteiger partial charge in [-0.15, -0.1) is 22.7 Å². The highest BCUT2D eigenvalue weighted by molar-refractivity contribution is 7.13. The lowest BCUT2D eigenvalue weighted by Gasteiger charge is -2.16. The van der Waals surface area contributed by atoms with Crippen LogP contribution in [0.1, 0.15) is 67.0 Å². The molecule has 0 aromatic carbocycles. The molecule has 2 aromatic heterocycles. The molecule has 0 radical (unpaired) electrons. The van der Waals surface area contributed by atoms with E-state index in [2.05, 4.69) is 57.4 Å². The smallest absolute Gasteiger partial charge is 0.115 e. The van der Waals surface area contributed by atoms with Crippen molar-refractivity contribution in [3.8, 4) is 0 Å². The summed E-state index contributed by atoms with van der Waals surface area (Å²) in [6.07, 6.45) is 0. The molecule has 1 N–H and O–H groups in total. The summed E-state index contributed by atoms with van der Waals surface area (Å²) in [6.45, 7) is 11.2. The van der Waals surface area contributed by atoms with Crippen LogP contribution in [0.5, 0.6) is 0 Å². The third-order valence-electron chi connectivity index (χ3n) is 3.32. The lowest BCUT2D eigenvalue weighted by molar-refractivity contribution is 0.604. The van der Waals surface area contributed by atoms with Gasteiger partial charge in [-0.1, -0.05) is 34.6 Å². The van der Waals surface area contributed by atoms with Crippen molar-refractivity contribution < 1.29 is 0 Å². The summed E-state index contributed by atoms with van der Waals surface area (Å²) in [7, 11) is 2.01. The van der Waals surface area contributed by atoms with Crippen LogP contribution in [0, 0.1) is 0 Å². The molecular weight excluding hydrogens is 284 g/mol. The first-order valence-corrected chi connectivity index (χ1v) is 8.75. The van der Waals surface area contributed by atoms with Gasteiger partial charge in [0.05, 0.1) is 11.7 Å². The van der Waals surface area contributed by atoms with Crippen molar-refractivity contribution in [1.29, 1.82) is 0 Å². The number of nitrogens with zero attached hydrogens (tertiary/aromatic N) is 1. The predicted octanol–water partition coefficient (Wildman–Crippen LogP) is 4.93. The van der Waals surface area contributed by atoms with Crippen LogP contribution in [0.3, 0.4) is 0 Å². The molecule has 0 aliphatic carbocycles. The molecular formula is C16H24N2S2. The van der Waals surface area contributed by atoms with E-state index in [1.807, 2.05) is 18.4 Å². The van der Waals surface area contributed by atoms with Crippen LogP contribution in [0.2, 0.25) is 0 Å². The summed E-state index contributed by atoms with van der Waals surface area (Å²) >= 11 is 3.64. The van der Waals surface area contributed by atoms with E-state index in [1.54, 1.807) is 11.3 Å². The number of hydrogen-bond acceptors (Lipinski definition) is 4. The zero-order valence-corrected chi connectivity index (χ0v) is 14.8. The number of nitrogens with one attached hydrogen (secondary N) is 1. The molecule has 1 unspecified atom stereocenters. The first kappa shape index (κ1) is 15.7. The van der Waals surface area contributed by atoms with E-state index in [0.29, 0.717) is 5.92 Å². The predicted molar refractivity (Wildman–Crippen MR) is 90.1 cm³/mol. The molecule has 110 valence electrons. The molecule has 20 heavy (non-hydrogen) atoms. The quantitative estimate of drug-likeness (QED) is 0.866. The fraction of sp³-hybridized carbons (Fsp3) is 0.562. The Bertz CT molecular complexity index is 561. The van der Waals surface area contributed by atoms with Gasteiger partial charge in [-0.25, -0.2) is 4.98 Å². The van der Waals surface area contributed by atoms with E-state index < -0.39 is 0 Å². The Morgan fingerprint density at radius 3 is 2.35 bits per heavy atom. The van der Waals surface area contributed by atoms with Gasteiger partial charge in [-0.05, 0) is 30.5 Å². The van der Waals surface area contributed by atoms with Gasteiger partial charge in [0.2, 0.25) is 0 Å². The number of hydrogen-bond donors (Lipinski definition) is 1. The first-order chi connectivity index (χ1) is 9.32. The normalized spacial score (nSPS) is 13.9. The molecule has 0 saturated carbocycles. The minimum atomic E-state index is 0.215. The van der Waals surface area contributed by atoms with Crippen LogP contribution in [0.15, 0.2) is 17.5 Å². The highest BCUT2D eigenvalue weighted by atomic mass is 32.1. The number of thiophene rings is 1. The molecule has 2 heterocycles. The summed E-state index contributed by atoms with van der Waals surface area (Å²) in [4.78, 5) is 7.57. The van der Waals surface area contributed by atoms with Gasteiger partial charge >= 0.3 is 0 Å². The lowest BCUT2D eigenvalue weighted by Crippen LogP contribution is -2.16. The summed E-state index contributed by atoms with van der Waals surface area (Å²) < 4.78 is 0. The fourth-order valence-corrected chi connectivity index (χ4v) is 4.36. The summed E-state index contributed by atoms with van der Waals surface area (Å²) in [5, 5.41) is 6.76. The van der Waals surface area contributed by atoms with E-state index in [9.17, 15) is 0 Å². The molecule has 2 rings (SSSR count). The van der Waals surface area contributed by atoms with Crippen LogP contribution in [0.25, 0.3) is 0 Å². The Hall–Kier alpha value is -0.710. The molecule has 0 saturated heterocycles. The average molecular weight is 309 g/mol. The van der Waals surface area contributed by atoms with E-state index in [-0.39, 0.29) is 11.5 Å². The van der Waals surface area contributed by atoms with Gasteiger partial charge in [-0.3, -0.25) is 0 Å². The molecule has 1 atom stereocenters. The van der Waals surface area contributed by atoms with Gasteiger partial charge in [0.15, 0.2) is 0 Å². The second kappa shape index (κ2) is 5.96. The fourth-order valence-electron chi connectivity index (χ4n) is 2.00. The number of thiazole rings is 1. The monoisotopic (exact) mass is 308 g/mol. The van der Waals surface area contributed by atoms with Crippen molar-refractivity contribution in [3.63, 3.8) is 0 Å². The Labute approximate surface area is 130 Å². The third-order valence-corrected chi connectivity index (χ3v) is 5.82. The van der Waals surface area contributed by atoms with Crippen molar-refractivity contribution in [3.05, 3.63) is 38.0 Å². The molecule has 0 bridgehead atoms. The van der Waals surface area contributed by atoms with Crippen LogP contribution in [0.4, 0.5) is 0 Å². The van der Waals surface area contributed by atoms with Gasteiger partial charge in [0.25, 0.3) is 0 Å². The summed E-state index contributed by atoms with van der Waals surface area (Å²) in [6, 6.07) is 4.71. The molecule has 0 spiro atoms. The topological polar surface area (TPSA) is 24.9 Å². The van der Waals surface area contributed by atoms with E-state index in [4.69, 9.17) is 4.98 Å². The molecule has 2 nitrogen and oxygen atoms in total. The molecule has 0 aliphatic rings. The van der Waals surface area contributed by atoms with Crippen molar-refractivity contribution >= 4 is 22.7 Å². The molecule has 4 heteroatoms. The largest absolute Gasteiger partial charge is 0.307 e. The summed E-state index contributed by atoms with van der Waals surface area (Å²) in [5.74, 6) is 0.492. The van der Waals surface area contributed by atoms with Crippen LogP contribution < -0.4 is 5.32 Å². The third kappa shape index (κ3) is 3.30. The maximum Gasteiger partial charge on any atom is 0.115 e. The highest BCUT2D eigenvalue weighted by Crippen LogP contribution is 2.35. The summed E-state index contributed by atoms with van der Waals surface area (Å²) in [5.41, 5.74) is 1.41. The average Bonchev–Trinajstić information content (AvgIpc) is 2.97. The van der Waals surface area contributed by atoms with Crippen molar-refractivity contribution in [2.24, 2.45) is 0 Å². The second-order valence-corrected chi connectivity index (χ2v) is 8.44. The molecule has 0 aliphatic heterocycles. The maximum absolute atomic E-state index is 4.79. The zero-order chi connectivity index (χ0) is 14.9. The lowest BCUT2D eigenvalue weighted by atomic mass is 9.95. The van der Waals surface area contributed by atoms with E-state index in [1.165, 1.54) is 20.5 Å². The standard InChI is InChI=1S/C16H24N2S2/c1-10(2)11-9-19-15(18-11)14(17-6)12-7-8-13(20-12)16(3,4)5/h7-10,14,17H,1-6H3. The highest BCUT2D eigenvalue weighted by Gasteiger charge is 2.22. The Morgan fingerprint density at radius 2 is 1.90 bits per heavy atom. The minimum absolute atomic E-state index is 0.215. The molecule has 0 amide bonds. The van der Waals surface area contributed by atoms with E-state index in [0.717, 1.165) is 0 Å². The number of rotatable bonds is 4. The SMILES string of the molecule is CNC(c1ccc(C(C)(C)C)s1)c1nc(C(C)C)cs1. The van der Waals surface area contributed by atoms with E-state index >= 15 is 0 Å².